The summed E-state index contributed by atoms with van der Waals surface area (Å²) in [5, 5.41) is 2.67. The average Bonchev–Trinajstić information content (AvgIpc) is 2.42. The van der Waals surface area contributed by atoms with E-state index in [-0.39, 0.29) is 18.0 Å². The summed E-state index contributed by atoms with van der Waals surface area (Å²) in [6.07, 6.45) is 2.70. The summed E-state index contributed by atoms with van der Waals surface area (Å²) in [6, 6.07) is 8.11. The molecule has 0 unspecified atom stereocenters. The van der Waals surface area contributed by atoms with Crippen molar-refractivity contribution in [2.45, 2.75) is 6.54 Å². The van der Waals surface area contributed by atoms with Crippen LogP contribution in [-0.2, 0) is 11.3 Å². The number of nitrogens with two attached hydrogens (primary N) is 1. The third-order valence-corrected chi connectivity index (χ3v) is 2.80. The van der Waals surface area contributed by atoms with Crippen molar-refractivity contribution in [3.63, 3.8) is 0 Å². The van der Waals surface area contributed by atoms with Crippen molar-refractivity contribution in [2.75, 3.05) is 5.32 Å². The van der Waals surface area contributed by atoms with E-state index in [1.54, 1.807) is 24.3 Å². The lowest BCUT2D eigenvalue weighted by Crippen LogP contribution is -2.27. The zero-order valence-electron chi connectivity index (χ0n) is 10.4. The van der Waals surface area contributed by atoms with Gasteiger partial charge in [-0.15, -0.1) is 0 Å². The van der Waals surface area contributed by atoms with Crippen LogP contribution in [0.25, 0.3) is 0 Å². The van der Waals surface area contributed by atoms with Crippen LogP contribution in [0.1, 0.15) is 5.56 Å². The van der Waals surface area contributed by atoms with Crippen molar-refractivity contribution in [3.8, 4) is 0 Å². The lowest BCUT2D eigenvalue weighted by atomic mass is 10.2. The molecule has 6 nitrogen and oxygen atoms in total. The molecular formula is C13H12N4O2S. The monoisotopic (exact) mass is 288 g/mol. The molecule has 1 heterocycles. The summed E-state index contributed by atoms with van der Waals surface area (Å²) in [5.41, 5.74) is 6.53. The van der Waals surface area contributed by atoms with Crippen molar-refractivity contribution in [2.24, 2.45) is 5.73 Å². The molecule has 7 heteroatoms. The smallest absolute Gasteiger partial charge is 0.253 e. The van der Waals surface area contributed by atoms with Gasteiger partial charge < -0.3 is 11.1 Å². The molecule has 0 saturated carbocycles. The third kappa shape index (κ3) is 3.48. The highest BCUT2D eigenvalue weighted by Gasteiger charge is 2.05. The van der Waals surface area contributed by atoms with Crippen LogP contribution in [-0.4, -0.2) is 20.4 Å². The minimum absolute atomic E-state index is 0.0935. The molecule has 0 saturated heterocycles. The Labute approximate surface area is 120 Å². The molecule has 0 atom stereocenters. The molecule has 2 rings (SSSR count). The number of thiocarbonyl (C=S) groups is 1. The SMILES string of the molecule is NC(=S)c1ccc(NC(=O)Cn2cnccc2=O)cc1. The van der Waals surface area contributed by atoms with Gasteiger partial charge in [0.25, 0.3) is 5.56 Å². The van der Waals surface area contributed by atoms with E-state index in [9.17, 15) is 9.59 Å². The standard InChI is InChI=1S/C13H12N4O2S/c14-13(20)9-1-3-10(4-2-9)16-11(18)7-17-8-15-6-5-12(17)19/h1-6,8H,7H2,(H2,14,20)(H,16,18). The molecule has 0 aliphatic heterocycles. The summed E-state index contributed by atoms with van der Waals surface area (Å²) in [7, 11) is 0. The maximum Gasteiger partial charge on any atom is 0.253 e. The highest BCUT2D eigenvalue weighted by Crippen LogP contribution is 2.09. The zero-order valence-corrected chi connectivity index (χ0v) is 11.3. The number of carbonyl (C=O) groups excluding carboxylic acids is 1. The van der Waals surface area contributed by atoms with E-state index in [0.717, 1.165) is 5.56 Å². The number of hydrogen-bond donors (Lipinski definition) is 2. The average molecular weight is 288 g/mol. The molecule has 20 heavy (non-hydrogen) atoms. The van der Waals surface area contributed by atoms with E-state index < -0.39 is 0 Å². The lowest BCUT2D eigenvalue weighted by Gasteiger charge is -2.07. The van der Waals surface area contributed by atoms with E-state index in [0.29, 0.717) is 10.7 Å². The van der Waals surface area contributed by atoms with Crippen LogP contribution in [0.5, 0.6) is 0 Å². The van der Waals surface area contributed by atoms with Crippen molar-refractivity contribution >= 4 is 28.8 Å². The van der Waals surface area contributed by atoms with Crippen molar-refractivity contribution < 1.29 is 4.79 Å². The molecule has 0 aliphatic rings. The van der Waals surface area contributed by atoms with Gasteiger partial charge in [0.1, 0.15) is 11.5 Å². The Kier molecular flexibility index (Phi) is 4.21. The number of benzene rings is 1. The first-order valence-corrected chi connectivity index (χ1v) is 6.17. The number of nitrogens with zero attached hydrogens (tertiary/aromatic N) is 2. The number of hydrogen-bond acceptors (Lipinski definition) is 4. The van der Waals surface area contributed by atoms with Crippen molar-refractivity contribution in [3.05, 3.63) is 58.8 Å². The second kappa shape index (κ2) is 6.07. The minimum atomic E-state index is -0.317. The van der Waals surface area contributed by atoms with Crippen LogP contribution in [0.3, 0.4) is 0 Å². The van der Waals surface area contributed by atoms with E-state index in [2.05, 4.69) is 10.3 Å². The summed E-state index contributed by atoms with van der Waals surface area (Å²) >= 11 is 4.84. The lowest BCUT2D eigenvalue weighted by molar-refractivity contribution is -0.116. The first kappa shape index (κ1) is 13.9. The predicted octanol–water partition coefficient (Wildman–Crippen LogP) is 0.516. The van der Waals surface area contributed by atoms with Crippen LogP contribution in [0.15, 0.2) is 47.7 Å². The molecule has 0 bridgehead atoms. The van der Waals surface area contributed by atoms with E-state index >= 15 is 0 Å². The fraction of sp³-hybridized carbons (Fsp3) is 0.0769. The van der Waals surface area contributed by atoms with Crippen LogP contribution < -0.4 is 16.6 Å². The van der Waals surface area contributed by atoms with E-state index in [4.69, 9.17) is 18.0 Å². The van der Waals surface area contributed by atoms with Gasteiger partial charge in [-0.1, -0.05) is 12.2 Å². The molecule has 1 aromatic carbocycles. The quantitative estimate of drug-likeness (QED) is 0.800. The Hall–Kier alpha value is -2.54. The van der Waals surface area contributed by atoms with Crippen molar-refractivity contribution in [1.82, 2.24) is 9.55 Å². The first-order valence-electron chi connectivity index (χ1n) is 5.76. The highest BCUT2D eigenvalue weighted by molar-refractivity contribution is 7.80. The zero-order chi connectivity index (χ0) is 14.5. The number of amides is 1. The van der Waals surface area contributed by atoms with Crippen LogP contribution in [0, 0.1) is 0 Å². The van der Waals surface area contributed by atoms with Gasteiger partial charge in [0.05, 0.1) is 6.33 Å². The Bertz CT molecular complexity index is 694. The Morgan fingerprint density at radius 1 is 1.30 bits per heavy atom. The van der Waals surface area contributed by atoms with Gasteiger partial charge in [-0.2, -0.15) is 0 Å². The molecule has 2 aromatic rings. The number of carbonyl (C=O) groups is 1. The van der Waals surface area contributed by atoms with Crippen LogP contribution >= 0.6 is 12.2 Å². The van der Waals surface area contributed by atoms with Gasteiger partial charge in [-0.25, -0.2) is 4.98 Å². The second-order valence-electron chi connectivity index (χ2n) is 4.04. The minimum Gasteiger partial charge on any atom is -0.389 e. The Morgan fingerprint density at radius 2 is 2.00 bits per heavy atom. The highest BCUT2D eigenvalue weighted by atomic mass is 32.1. The van der Waals surface area contributed by atoms with Gasteiger partial charge in [-0.05, 0) is 24.3 Å². The van der Waals surface area contributed by atoms with Crippen LogP contribution in [0.4, 0.5) is 5.69 Å². The van der Waals surface area contributed by atoms with Gasteiger partial charge >= 0.3 is 0 Å². The summed E-state index contributed by atoms with van der Waals surface area (Å²) in [5.74, 6) is -0.317. The Balaban J connectivity index is 2.03. The number of aromatic nitrogens is 2. The molecule has 3 N–H and O–H groups in total. The molecule has 0 fully saturated rings. The maximum atomic E-state index is 11.8. The predicted molar refractivity (Wildman–Crippen MR) is 79.5 cm³/mol. The fourth-order valence-electron chi connectivity index (χ4n) is 1.57. The van der Waals surface area contributed by atoms with Crippen molar-refractivity contribution in [1.29, 1.82) is 0 Å². The van der Waals surface area contributed by atoms with Gasteiger partial charge in [0.2, 0.25) is 5.91 Å². The normalized spacial score (nSPS) is 10.0. The third-order valence-electron chi connectivity index (χ3n) is 2.56. The topological polar surface area (TPSA) is 90.0 Å². The largest absolute Gasteiger partial charge is 0.389 e. The molecule has 1 amide bonds. The van der Waals surface area contributed by atoms with E-state index in [1.807, 2.05) is 0 Å². The molecule has 0 aliphatic carbocycles. The van der Waals surface area contributed by atoms with Gasteiger partial charge in [0.15, 0.2) is 0 Å². The molecule has 0 radical (unpaired) electrons. The molecule has 1 aromatic heterocycles. The molecule has 102 valence electrons. The molecular weight excluding hydrogens is 276 g/mol. The van der Waals surface area contributed by atoms with Gasteiger partial charge in [-0.3, -0.25) is 14.2 Å². The summed E-state index contributed by atoms with van der Waals surface area (Å²) < 4.78 is 1.22. The molecule has 0 spiro atoms. The number of anilines is 1. The van der Waals surface area contributed by atoms with Gasteiger partial charge in [0, 0.05) is 23.5 Å². The number of nitrogens with one attached hydrogen (secondary N) is 1. The first-order chi connectivity index (χ1) is 9.56. The van der Waals surface area contributed by atoms with Crippen LogP contribution in [0.2, 0.25) is 0 Å². The maximum absolute atomic E-state index is 11.8. The summed E-state index contributed by atoms with van der Waals surface area (Å²) in [6.45, 7) is -0.0935. The Morgan fingerprint density at radius 3 is 2.60 bits per heavy atom. The second-order valence-corrected chi connectivity index (χ2v) is 4.48. The fourth-order valence-corrected chi connectivity index (χ4v) is 1.71. The number of rotatable bonds is 4. The van der Waals surface area contributed by atoms with E-state index in [1.165, 1.54) is 23.2 Å². The summed E-state index contributed by atoms with van der Waals surface area (Å²) in [4.78, 5) is 27.3.